The maximum Gasteiger partial charge on any atom is 0.433 e. The molecule has 180 valence electrons. The highest BCUT2D eigenvalue weighted by Crippen LogP contribution is 2.39. The van der Waals surface area contributed by atoms with E-state index in [-0.39, 0.29) is 23.9 Å². The number of fused-ring (bicyclic) bond motifs is 1. The average Bonchev–Trinajstić information content (AvgIpc) is 3.25. The fourth-order valence-electron chi connectivity index (χ4n) is 3.90. The van der Waals surface area contributed by atoms with Crippen LogP contribution in [0.3, 0.4) is 0 Å². The fraction of sp³-hybridized carbons (Fsp3) is 0.409. The standard InChI is InChI=1S/C22H21F3N4O4S/c1-33-21(32)17-14(27-19(31)13-3-2-4-16(26-13)22(23,24)25)9-15-18(28-17)29-20(34-15)12-7-5-11(10-30)6-8-12/h2-4,9,11-12,30H,5-8,10H2,1H3,(H,27,31)/t11-,12-. The number of nitrogens with one attached hydrogen (secondary N) is 1. The number of carbonyl (C=O) groups is 2. The molecule has 34 heavy (non-hydrogen) atoms. The summed E-state index contributed by atoms with van der Waals surface area (Å²) in [7, 11) is 1.15. The summed E-state index contributed by atoms with van der Waals surface area (Å²) in [6.45, 7) is 0.167. The minimum Gasteiger partial charge on any atom is -0.464 e. The number of esters is 1. The largest absolute Gasteiger partial charge is 0.464 e. The molecule has 0 radical (unpaired) electrons. The van der Waals surface area contributed by atoms with Crippen LogP contribution in [-0.4, -0.2) is 45.7 Å². The van der Waals surface area contributed by atoms with Crippen molar-refractivity contribution in [1.29, 1.82) is 0 Å². The lowest BCUT2D eigenvalue weighted by Crippen LogP contribution is -2.19. The summed E-state index contributed by atoms with van der Waals surface area (Å²) in [4.78, 5) is 37.2. The number of halogens is 3. The number of rotatable bonds is 5. The molecule has 1 amide bonds. The Morgan fingerprint density at radius 3 is 2.56 bits per heavy atom. The molecule has 0 aliphatic heterocycles. The zero-order valence-electron chi connectivity index (χ0n) is 18.1. The summed E-state index contributed by atoms with van der Waals surface area (Å²) >= 11 is 1.38. The van der Waals surface area contributed by atoms with Gasteiger partial charge in [0.2, 0.25) is 0 Å². The molecule has 3 heterocycles. The van der Waals surface area contributed by atoms with Gasteiger partial charge in [0.05, 0.1) is 22.5 Å². The van der Waals surface area contributed by atoms with Crippen molar-refractivity contribution in [2.24, 2.45) is 5.92 Å². The first-order valence-corrected chi connectivity index (χ1v) is 11.4. The van der Waals surface area contributed by atoms with Crippen LogP contribution >= 0.6 is 11.3 Å². The van der Waals surface area contributed by atoms with E-state index in [0.717, 1.165) is 56.0 Å². The minimum atomic E-state index is -4.71. The smallest absolute Gasteiger partial charge is 0.433 e. The van der Waals surface area contributed by atoms with Crippen LogP contribution in [0.5, 0.6) is 0 Å². The maximum absolute atomic E-state index is 13.0. The van der Waals surface area contributed by atoms with E-state index in [1.807, 2.05) is 0 Å². The van der Waals surface area contributed by atoms with Gasteiger partial charge in [-0.05, 0) is 49.8 Å². The monoisotopic (exact) mass is 494 g/mol. The third kappa shape index (κ3) is 5.02. The zero-order valence-corrected chi connectivity index (χ0v) is 18.9. The van der Waals surface area contributed by atoms with Crippen molar-refractivity contribution >= 4 is 39.2 Å². The van der Waals surface area contributed by atoms with Crippen LogP contribution < -0.4 is 5.32 Å². The number of hydrogen-bond donors (Lipinski definition) is 2. The molecule has 8 nitrogen and oxygen atoms in total. The van der Waals surface area contributed by atoms with Crippen molar-refractivity contribution in [1.82, 2.24) is 15.0 Å². The van der Waals surface area contributed by atoms with Crippen LogP contribution in [0, 0.1) is 5.92 Å². The Kier molecular flexibility index (Phi) is 6.80. The summed E-state index contributed by atoms with van der Waals surface area (Å²) in [5.41, 5.74) is -1.57. The summed E-state index contributed by atoms with van der Waals surface area (Å²) in [5.74, 6) is -1.26. The summed E-state index contributed by atoms with van der Waals surface area (Å²) in [6.07, 6.45) is -1.17. The Balaban J connectivity index is 1.65. The molecule has 3 aromatic rings. The SMILES string of the molecule is COC(=O)c1nc2nc([C@H]3CC[C@H](CO)CC3)sc2cc1NC(=O)c1cccc(C(F)(F)F)n1. The van der Waals surface area contributed by atoms with E-state index >= 15 is 0 Å². The molecule has 0 aromatic carbocycles. The highest BCUT2D eigenvalue weighted by molar-refractivity contribution is 7.18. The highest BCUT2D eigenvalue weighted by atomic mass is 32.1. The number of aromatic nitrogens is 3. The van der Waals surface area contributed by atoms with Gasteiger partial charge in [-0.25, -0.2) is 19.7 Å². The zero-order chi connectivity index (χ0) is 24.5. The number of nitrogens with zero attached hydrogens (tertiary/aromatic N) is 3. The van der Waals surface area contributed by atoms with E-state index in [9.17, 15) is 27.9 Å². The van der Waals surface area contributed by atoms with Gasteiger partial charge in [-0.2, -0.15) is 13.2 Å². The molecule has 3 aromatic heterocycles. The number of methoxy groups -OCH3 is 1. The van der Waals surface area contributed by atoms with Gasteiger partial charge in [-0.3, -0.25) is 4.79 Å². The van der Waals surface area contributed by atoms with Gasteiger partial charge in [0.15, 0.2) is 11.3 Å². The molecule has 4 rings (SSSR count). The number of pyridine rings is 2. The van der Waals surface area contributed by atoms with Crippen molar-refractivity contribution in [3.63, 3.8) is 0 Å². The third-order valence-electron chi connectivity index (χ3n) is 5.75. The van der Waals surface area contributed by atoms with Gasteiger partial charge in [0.25, 0.3) is 5.91 Å². The summed E-state index contributed by atoms with van der Waals surface area (Å²) in [5, 5.41) is 12.6. The van der Waals surface area contributed by atoms with E-state index in [1.54, 1.807) is 0 Å². The second kappa shape index (κ2) is 9.63. The first-order chi connectivity index (χ1) is 16.2. The number of amides is 1. The van der Waals surface area contributed by atoms with E-state index in [4.69, 9.17) is 4.74 Å². The van der Waals surface area contributed by atoms with Crippen LogP contribution in [0.1, 0.15) is 63.3 Å². The van der Waals surface area contributed by atoms with Gasteiger partial charge < -0.3 is 15.2 Å². The minimum absolute atomic E-state index is 0.0113. The summed E-state index contributed by atoms with van der Waals surface area (Å²) in [6, 6.07) is 4.49. The molecule has 1 aliphatic carbocycles. The average molecular weight is 494 g/mol. The van der Waals surface area contributed by atoms with E-state index in [0.29, 0.717) is 16.3 Å². The molecule has 12 heteroatoms. The Labute approximate surface area is 196 Å². The van der Waals surface area contributed by atoms with Gasteiger partial charge >= 0.3 is 12.1 Å². The maximum atomic E-state index is 13.0. The Hall–Kier alpha value is -3.12. The lowest BCUT2D eigenvalue weighted by atomic mass is 9.83. The van der Waals surface area contributed by atoms with Crippen molar-refractivity contribution in [3.8, 4) is 0 Å². The second-order valence-corrected chi connectivity index (χ2v) is 9.07. The van der Waals surface area contributed by atoms with E-state index in [1.165, 1.54) is 17.4 Å². The first kappa shape index (κ1) is 24.0. The predicted octanol–water partition coefficient (Wildman–Crippen LogP) is 4.41. The fourth-order valence-corrected chi connectivity index (χ4v) is 5.02. The van der Waals surface area contributed by atoms with Gasteiger partial charge in [0.1, 0.15) is 11.4 Å². The van der Waals surface area contributed by atoms with Crippen LogP contribution in [0.25, 0.3) is 10.3 Å². The van der Waals surface area contributed by atoms with Crippen LogP contribution in [0.2, 0.25) is 0 Å². The molecular weight excluding hydrogens is 473 g/mol. The third-order valence-corrected chi connectivity index (χ3v) is 6.91. The topological polar surface area (TPSA) is 114 Å². The number of anilines is 1. The van der Waals surface area contributed by atoms with Gasteiger partial charge in [0, 0.05) is 12.5 Å². The number of carbonyl (C=O) groups excluding carboxylic acids is 2. The van der Waals surface area contributed by atoms with Crippen LogP contribution in [-0.2, 0) is 10.9 Å². The van der Waals surface area contributed by atoms with Crippen LogP contribution in [0.15, 0.2) is 24.3 Å². The van der Waals surface area contributed by atoms with Gasteiger partial charge in [-0.1, -0.05) is 6.07 Å². The number of aliphatic hydroxyl groups excluding tert-OH is 1. The molecule has 2 N–H and O–H groups in total. The van der Waals surface area contributed by atoms with Crippen molar-refractivity contribution < 1.29 is 32.6 Å². The lowest BCUT2D eigenvalue weighted by Gasteiger charge is -2.25. The molecule has 0 bridgehead atoms. The van der Waals surface area contributed by atoms with E-state index < -0.39 is 29.4 Å². The molecule has 1 saturated carbocycles. The van der Waals surface area contributed by atoms with Crippen molar-refractivity contribution in [3.05, 3.63) is 46.4 Å². The molecule has 0 atom stereocenters. The van der Waals surface area contributed by atoms with Crippen molar-refractivity contribution in [2.45, 2.75) is 37.8 Å². The van der Waals surface area contributed by atoms with Crippen molar-refractivity contribution in [2.75, 3.05) is 19.0 Å². The molecule has 1 aliphatic rings. The molecule has 0 saturated heterocycles. The number of thiazole rings is 1. The van der Waals surface area contributed by atoms with E-state index in [2.05, 4.69) is 20.3 Å². The molecule has 0 spiro atoms. The second-order valence-electron chi connectivity index (χ2n) is 8.01. The molecule has 0 unspecified atom stereocenters. The molecule has 1 fully saturated rings. The highest BCUT2D eigenvalue weighted by Gasteiger charge is 2.33. The Morgan fingerprint density at radius 1 is 1.18 bits per heavy atom. The number of alkyl halides is 3. The quantitative estimate of drug-likeness (QED) is 0.505. The normalized spacial score (nSPS) is 18.6. The number of hydrogen-bond acceptors (Lipinski definition) is 8. The predicted molar refractivity (Wildman–Crippen MR) is 118 cm³/mol. The molecular formula is C22H21F3N4O4S. The van der Waals surface area contributed by atoms with Crippen LogP contribution in [0.4, 0.5) is 18.9 Å². The summed E-state index contributed by atoms with van der Waals surface area (Å²) < 4.78 is 44.3. The lowest BCUT2D eigenvalue weighted by molar-refractivity contribution is -0.141. The Morgan fingerprint density at radius 2 is 1.91 bits per heavy atom. The number of aliphatic hydroxyl groups is 1. The first-order valence-electron chi connectivity index (χ1n) is 10.6. The number of ether oxygens (including phenoxy) is 1. The van der Waals surface area contributed by atoms with Gasteiger partial charge in [-0.15, -0.1) is 11.3 Å². The Bertz CT molecular complexity index is 1220.